The first-order valence-corrected chi connectivity index (χ1v) is 11.0. The molecule has 7 nitrogen and oxygen atoms in total. The Morgan fingerprint density at radius 1 is 1.03 bits per heavy atom. The Morgan fingerprint density at radius 2 is 1.73 bits per heavy atom. The number of fused-ring (bicyclic) bond motifs is 1. The average Bonchev–Trinajstić information content (AvgIpc) is 3.41. The number of aliphatic carboxylic acids is 1. The number of carboxylic acids is 1. The third-order valence-corrected chi connectivity index (χ3v) is 6.43. The molecule has 1 saturated carbocycles. The zero-order valence-electron chi connectivity index (χ0n) is 17.9. The molecule has 1 fully saturated rings. The number of imidazole rings is 1. The molecule has 10 heteroatoms. The Balaban J connectivity index is 0.00000259. The molecule has 33 heavy (non-hydrogen) atoms. The SMILES string of the molecule is O=C([O-])C1(Nc2ncnc3c2nc(-c2ccccc2Cl)n3-c2ccc(Cl)cc2)CCCC1.[K+]. The first-order chi connectivity index (χ1) is 15.5. The molecule has 0 unspecified atom stereocenters. The number of carbonyl (C=O) groups excluding carboxylic acids is 1. The Kier molecular flexibility index (Phi) is 7.45. The van der Waals surface area contributed by atoms with E-state index in [0.717, 1.165) is 18.5 Å². The minimum atomic E-state index is -1.17. The van der Waals surface area contributed by atoms with E-state index in [-0.39, 0.29) is 51.4 Å². The Bertz CT molecular complexity index is 1320. The van der Waals surface area contributed by atoms with Gasteiger partial charge in [-0.15, -0.1) is 0 Å². The molecule has 0 radical (unpaired) electrons. The van der Waals surface area contributed by atoms with Gasteiger partial charge in [-0.25, -0.2) is 15.0 Å². The maximum absolute atomic E-state index is 12.0. The molecule has 1 aliphatic rings. The van der Waals surface area contributed by atoms with Crippen molar-refractivity contribution in [3.05, 3.63) is 64.9 Å². The Labute approximate surface area is 243 Å². The van der Waals surface area contributed by atoms with E-state index in [1.165, 1.54) is 6.33 Å². The maximum Gasteiger partial charge on any atom is 1.00 e. The molecule has 2 aromatic carbocycles. The summed E-state index contributed by atoms with van der Waals surface area (Å²) < 4.78 is 1.86. The van der Waals surface area contributed by atoms with Crippen LogP contribution in [0.15, 0.2) is 54.9 Å². The van der Waals surface area contributed by atoms with E-state index in [9.17, 15) is 9.90 Å². The number of hydrogen-bond acceptors (Lipinski definition) is 6. The van der Waals surface area contributed by atoms with E-state index in [0.29, 0.717) is 51.3 Å². The molecule has 0 saturated heterocycles. The van der Waals surface area contributed by atoms with E-state index in [4.69, 9.17) is 28.2 Å². The number of nitrogens with one attached hydrogen (secondary N) is 1. The van der Waals surface area contributed by atoms with Gasteiger partial charge >= 0.3 is 51.4 Å². The van der Waals surface area contributed by atoms with Gasteiger partial charge in [0.05, 0.1) is 16.5 Å². The van der Waals surface area contributed by atoms with Crippen molar-refractivity contribution in [1.82, 2.24) is 19.5 Å². The molecule has 0 bridgehead atoms. The van der Waals surface area contributed by atoms with Crippen LogP contribution in [0.3, 0.4) is 0 Å². The van der Waals surface area contributed by atoms with Crippen molar-refractivity contribution in [3.63, 3.8) is 0 Å². The predicted molar refractivity (Wildman–Crippen MR) is 122 cm³/mol. The normalized spacial score (nSPS) is 14.7. The van der Waals surface area contributed by atoms with Crippen LogP contribution in [0.5, 0.6) is 0 Å². The predicted octanol–water partition coefficient (Wildman–Crippen LogP) is 1.27. The van der Waals surface area contributed by atoms with Gasteiger partial charge in [0, 0.05) is 16.3 Å². The van der Waals surface area contributed by atoms with Gasteiger partial charge in [-0.3, -0.25) is 4.57 Å². The van der Waals surface area contributed by atoms with Crippen molar-refractivity contribution in [2.45, 2.75) is 31.2 Å². The number of hydrogen-bond donors (Lipinski definition) is 1. The monoisotopic (exact) mass is 505 g/mol. The van der Waals surface area contributed by atoms with Crippen LogP contribution in [0.1, 0.15) is 25.7 Å². The summed E-state index contributed by atoms with van der Waals surface area (Å²) in [7, 11) is 0. The van der Waals surface area contributed by atoms with Crippen LogP contribution in [0.4, 0.5) is 5.82 Å². The van der Waals surface area contributed by atoms with Gasteiger partial charge in [-0.1, -0.05) is 48.2 Å². The number of rotatable bonds is 5. The van der Waals surface area contributed by atoms with E-state index in [1.807, 2.05) is 34.9 Å². The Hall–Kier alpha value is -1.52. The fraction of sp³-hybridized carbons (Fsp3) is 0.217. The quantitative estimate of drug-likeness (QED) is 0.410. The maximum atomic E-state index is 12.0. The van der Waals surface area contributed by atoms with E-state index < -0.39 is 11.5 Å². The molecule has 2 aromatic heterocycles. The fourth-order valence-electron chi connectivity index (χ4n) is 4.23. The molecule has 0 atom stereocenters. The van der Waals surface area contributed by atoms with Crippen molar-refractivity contribution in [3.8, 4) is 17.1 Å². The number of aromatic nitrogens is 4. The van der Waals surface area contributed by atoms with Crippen LogP contribution in [0.25, 0.3) is 28.2 Å². The van der Waals surface area contributed by atoms with Crippen LogP contribution in [-0.4, -0.2) is 31.0 Å². The van der Waals surface area contributed by atoms with Gasteiger partial charge in [-0.2, -0.15) is 0 Å². The van der Waals surface area contributed by atoms with Gasteiger partial charge in [0.1, 0.15) is 12.2 Å². The number of anilines is 1. The number of halogens is 2. The Morgan fingerprint density at radius 3 is 2.39 bits per heavy atom. The molecular weight excluding hydrogens is 488 g/mol. The second-order valence-electron chi connectivity index (χ2n) is 7.82. The average molecular weight is 506 g/mol. The smallest absolute Gasteiger partial charge is 0.548 e. The third-order valence-electron chi connectivity index (χ3n) is 5.85. The zero-order chi connectivity index (χ0) is 22.3. The summed E-state index contributed by atoms with van der Waals surface area (Å²) in [4.78, 5) is 25.6. The first kappa shape index (κ1) is 24.6. The number of carbonyl (C=O) groups is 1. The van der Waals surface area contributed by atoms with E-state index >= 15 is 0 Å². The summed E-state index contributed by atoms with van der Waals surface area (Å²) in [5.74, 6) is -0.224. The molecule has 0 aliphatic heterocycles. The van der Waals surface area contributed by atoms with Crippen molar-refractivity contribution in [2.75, 3.05) is 5.32 Å². The van der Waals surface area contributed by atoms with Crippen molar-refractivity contribution in [1.29, 1.82) is 0 Å². The molecule has 2 heterocycles. The van der Waals surface area contributed by atoms with Crippen LogP contribution in [0.2, 0.25) is 10.0 Å². The number of carboxylic acid groups (broad SMARTS) is 1. The molecule has 5 rings (SSSR count). The summed E-state index contributed by atoms with van der Waals surface area (Å²) in [6.07, 6.45) is 3.94. The van der Waals surface area contributed by atoms with Gasteiger partial charge in [-0.05, 0) is 49.2 Å². The second-order valence-corrected chi connectivity index (χ2v) is 8.67. The molecule has 1 aliphatic carbocycles. The molecule has 0 amide bonds. The van der Waals surface area contributed by atoms with Gasteiger partial charge in [0.15, 0.2) is 17.0 Å². The first-order valence-electron chi connectivity index (χ1n) is 10.2. The van der Waals surface area contributed by atoms with Crippen molar-refractivity contribution in [2.24, 2.45) is 0 Å². The van der Waals surface area contributed by atoms with Gasteiger partial charge in [0.2, 0.25) is 0 Å². The second kappa shape index (κ2) is 9.99. The summed E-state index contributed by atoms with van der Waals surface area (Å²) in [5, 5.41) is 16.2. The largest absolute Gasteiger partial charge is 1.00 e. The van der Waals surface area contributed by atoms with Crippen LogP contribution in [-0.2, 0) is 4.79 Å². The number of benzene rings is 2. The van der Waals surface area contributed by atoms with Gasteiger partial charge < -0.3 is 15.2 Å². The summed E-state index contributed by atoms with van der Waals surface area (Å²) >= 11 is 12.6. The summed E-state index contributed by atoms with van der Waals surface area (Å²) in [6, 6.07) is 14.7. The fourth-order valence-corrected chi connectivity index (χ4v) is 4.57. The summed E-state index contributed by atoms with van der Waals surface area (Å²) in [5.41, 5.74) is 1.29. The van der Waals surface area contributed by atoms with Crippen LogP contribution in [0, 0.1) is 0 Å². The molecule has 162 valence electrons. The third kappa shape index (κ3) is 4.58. The standard InChI is InChI=1S/C23H19Cl2N5O2.K/c24-14-7-9-15(10-8-14)30-20(16-5-1-2-6-17(16)25)28-18-19(26-13-27-21(18)30)29-23(22(31)32)11-3-4-12-23;/h1-2,5-10,13H,3-4,11-12H2,(H,31,32)(H,26,27,29);/q;+1/p-1. The van der Waals surface area contributed by atoms with Crippen molar-refractivity contribution >= 4 is 46.2 Å². The van der Waals surface area contributed by atoms with Crippen LogP contribution < -0.4 is 61.8 Å². The van der Waals surface area contributed by atoms with Crippen molar-refractivity contribution < 1.29 is 61.3 Å². The molecule has 0 spiro atoms. The van der Waals surface area contributed by atoms with E-state index in [2.05, 4.69) is 15.3 Å². The van der Waals surface area contributed by atoms with Gasteiger partial charge in [0.25, 0.3) is 0 Å². The molecule has 1 N–H and O–H groups in total. The minimum Gasteiger partial charge on any atom is -0.548 e. The zero-order valence-corrected chi connectivity index (χ0v) is 22.5. The minimum absolute atomic E-state index is 0. The topological polar surface area (TPSA) is 95.8 Å². The van der Waals surface area contributed by atoms with E-state index in [1.54, 1.807) is 18.2 Å². The summed E-state index contributed by atoms with van der Waals surface area (Å²) in [6.45, 7) is 0. The molecule has 4 aromatic rings. The number of nitrogens with zero attached hydrogens (tertiary/aromatic N) is 4. The van der Waals surface area contributed by atoms with Crippen LogP contribution >= 0.6 is 23.2 Å². The molecular formula is C23H18Cl2KN5O2.